The molecule has 312 valence electrons. The van der Waals surface area contributed by atoms with E-state index < -0.39 is 51.7 Å². The number of aliphatic hydroxyl groups excluding tert-OH is 1. The van der Waals surface area contributed by atoms with Crippen LogP contribution in [0.3, 0.4) is 0 Å². The highest BCUT2D eigenvalue weighted by Crippen LogP contribution is 2.45. The van der Waals surface area contributed by atoms with Gasteiger partial charge in [0.1, 0.15) is 29.5 Å². The number of aliphatic carboxylic acids is 1. The average molecular weight is 818 g/mol. The molecule has 1 aliphatic carbocycles. The van der Waals surface area contributed by atoms with E-state index in [1.807, 2.05) is 30.3 Å². The van der Waals surface area contributed by atoms with Gasteiger partial charge in [-0.2, -0.15) is 0 Å². The van der Waals surface area contributed by atoms with Gasteiger partial charge in [0.2, 0.25) is 21.7 Å². The van der Waals surface area contributed by atoms with Gasteiger partial charge in [-0.1, -0.05) is 55.0 Å². The van der Waals surface area contributed by atoms with Crippen LogP contribution in [0.25, 0.3) is 0 Å². The maximum atomic E-state index is 13.2. The molecule has 58 heavy (non-hydrogen) atoms. The zero-order valence-corrected chi connectivity index (χ0v) is 34.4. The molecule has 3 fully saturated rings. The van der Waals surface area contributed by atoms with E-state index in [1.165, 1.54) is 12.1 Å². The minimum atomic E-state index is -3.72. The van der Waals surface area contributed by atoms with Crippen LogP contribution in [0.1, 0.15) is 89.8 Å². The van der Waals surface area contributed by atoms with E-state index in [1.54, 1.807) is 73.9 Å². The van der Waals surface area contributed by atoms with E-state index in [2.05, 4.69) is 5.32 Å². The third-order valence-corrected chi connectivity index (χ3v) is 13.6. The van der Waals surface area contributed by atoms with Crippen LogP contribution in [-0.4, -0.2) is 101 Å². The lowest BCUT2D eigenvalue weighted by atomic mass is 9.85. The molecule has 4 aliphatic rings. The summed E-state index contributed by atoms with van der Waals surface area (Å²) < 4.78 is 37.2. The normalized spacial score (nSPS) is 24.4. The monoisotopic (exact) mass is 817 g/mol. The van der Waals surface area contributed by atoms with Gasteiger partial charge < -0.3 is 29.5 Å². The fraction of sp³-hybridized carbons (Fsp3) is 0.500. The summed E-state index contributed by atoms with van der Waals surface area (Å²) in [5.74, 6) is -0.859. The lowest BCUT2D eigenvalue weighted by Gasteiger charge is -2.45. The zero-order chi connectivity index (χ0) is 41.8. The first-order valence-corrected chi connectivity index (χ1v) is 21.7. The molecule has 7 rings (SSSR count). The van der Waals surface area contributed by atoms with Crippen molar-refractivity contribution in [1.82, 2.24) is 15.1 Å². The zero-order valence-electron chi connectivity index (χ0n) is 33.6. The maximum absolute atomic E-state index is 13.2. The predicted octanol–water partition coefficient (Wildman–Crippen LogP) is 5.10. The number of sulfone groups is 1. The number of carbonyl (C=O) groups excluding carboxylic acids is 3. The average Bonchev–Trinajstić information content (AvgIpc) is 3.94. The summed E-state index contributed by atoms with van der Waals surface area (Å²) in [5.41, 5.74) is 0.728. The molecule has 3 aliphatic heterocycles. The Morgan fingerprint density at radius 2 is 1.67 bits per heavy atom. The van der Waals surface area contributed by atoms with Crippen molar-refractivity contribution < 1.29 is 47.3 Å². The van der Waals surface area contributed by atoms with E-state index in [9.17, 15) is 37.8 Å². The van der Waals surface area contributed by atoms with Crippen LogP contribution in [0.4, 0.5) is 0 Å². The van der Waals surface area contributed by atoms with Crippen molar-refractivity contribution in [1.29, 1.82) is 0 Å². The summed E-state index contributed by atoms with van der Waals surface area (Å²) >= 11 is 0. The lowest BCUT2D eigenvalue weighted by Crippen LogP contribution is -2.55. The Kier molecular flexibility index (Phi) is 13.3. The SMILES string of the molecule is CC1(C)Oc2ccc(S(=O)(=O)c3ccccc3)cc2[C@@H](N2CCCC2=O)[C@@H]1O.CCOC(=O)[C@H](CCc1ccccc1)N[C@@H](C)C(=O)N1[C@H](C(=O)O)C[C@@H]2CCC[C@@H]21. The number of carboxylic acids is 1. The third kappa shape index (κ3) is 9.08. The third-order valence-electron chi connectivity index (χ3n) is 11.8. The topological polar surface area (TPSA) is 180 Å². The van der Waals surface area contributed by atoms with Gasteiger partial charge in [-0.3, -0.25) is 19.7 Å². The summed E-state index contributed by atoms with van der Waals surface area (Å²) in [4.78, 5) is 53.4. The number of carboxylic acid groups (broad SMARTS) is 1. The summed E-state index contributed by atoms with van der Waals surface area (Å²) in [5, 5.41) is 23.7. The molecule has 3 heterocycles. The van der Waals surface area contributed by atoms with Crippen LogP contribution in [0, 0.1) is 5.92 Å². The van der Waals surface area contributed by atoms with E-state index in [4.69, 9.17) is 9.47 Å². The van der Waals surface area contributed by atoms with Gasteiger partial charge >= 0.3 is 11.9 Å². The Hall–Kier alpha value is -4.79. The predicted molar refractivity (Wildman–Crippen MR) is 215 cm³/mol. The Labute approximate surface area is 340 Å². The van der Waals surface area contributed by atoms with Crippen LogP contribution in [-0.2, 0) is 40.2 Å². The van der Waals surface area contributed by atoms with Crippen LogP contribution in [0.2, 0.25) is 0 Å². The molecule has 0 aromatic heterocycles. The molecule has 1 saturated carbocycles. The number of amides is 2. The van der Waals surface area contributed by atoms with Crippen molar-refractivity contribution in [2.45, 2.75) is 131 Å². The van der Waals surface area contributed by atoms with Crippen LogP contribution in [0.5, 0.6) is 5.75 Å². The molecular formula is C44H55N3O10S. The molecule has 3 aromatic rings. The van der Waals surface area contributed by atoms with Crippen molar-refractivity contribution in [2.24, 2.45) is 5.92 Å². The number of aliphatic hydroxyl groups is 1. The Balaban J connectivity index is 0.000000196. The lowest BCUT2D eigenvalue weighted by molar-refractivity contribution is -0.151. The van der Waals surface area contributed by atoms with Gasteiger partial charge in [0.05, 0.1) is 28.5 Å². The Bertz CT molecular complexity index is 2060. The number of carbonyl (C=O) groups is 4. The van der Waals surface area contributed by atoms with E-state index in [-0.39, 0.29) is 46.1 Å². The van der Waals surface area contributed by atoms with Crippen molar-refractivity contribution in [3.05, 3.63) is 90.0 Å². The summed E-state index contributed by atoms with van der Waals surface area (Å²) in [6.45, 7) is 7.79. The number of aryl methyl sites for hydroxylation is 1. The molecule has 14 heteroatoms. The number of rotatable bonds is 12. The highest BCUT2D eigenvalue weighted by Gasteiger charge is 2.50. The number of hydrogen-bond donors (Lipinski definition) is 3. The number of likely N-dealkylation sites (tertiary alicyclic amines) is 2. The molecule has 0 radical (unpaired) electrons. The fourth-order valence-corrected chi connectivity index (χ4v) is 10.2. The first-order chi connectivity index (χ1) is 27.6. The van der Waals surface area contributed by atoms with Gasteiger partial charge in [-0.25, -0.2) is 13.2 Å². The number of esters is 1. The summed E-state index contributed by atoms with van der Waals surface area (Å²) in [6, 6.07) is 20.0. The van der Waals surface area contributed by atoms with Gasteiger partial charge in [-0.05, 0) is 108 Å². The van der Waals surface area contributed by atoms with Crippen molar-refractivity contribution >= 4 is 33.6 Å². The van der Waals surface area contributed by atoms with Crippen molar-refractivity contribution in [3.63, 3.8) is 0 Å². The Morgan fingerprint density at radius 3 is 2.31 bits per heavy atom. The molecule has 13 nitrogen and oxygen atoms in total. The highest BCUT2D eigenvalue weighted by molar-refractivity contribution is 7.91. The van der Waals surface area contributed by atoms with Gasteiger partial charge in [0.15, 0.2) is 0 Å². The molecule has 2 saturated heterocycles. The first-order valence-electron chi connectivity index (χ1n) is 20.3. The van der Waals surface area contributed by atoms with Crippen LogP contribution in [0.15, 0.2) is 88.7 Å². The van der Waals surface area contributed by atoms with E-state index in [0.29, 0.717) is 43.5 Å². The number of benzene rings is 3. The molecule has 2 amide bonds. The minimum Gasteiger partial charge on any atom is -0.485 e. The molecule has 7 atom stereocenters. The Morgan fingerprint density at radius 1 is 0.983 bits per heavy atom. The number of hydrogen-bond acceptors (Lipinski definition) is 10. The fourth-order valence-electron chi connectivity index (χ4n) is 8.84. The molecule has 3 N–H and O–H groups in total. The second kappa shape index (κ2) is 18.0. The van der Waals surface area contributed by atoms with Gasteiger partial charge in [-0.15, -0.1) is 0 Å². The van der Waals surface area contributed by atoms with Gasteiger partial charge in [0, 0.05) is 24.6 Å². The quantitative estimate of drug-likeness (QED) is 0.207. The molecule has 0 unspecified atom stereocenters. The smallest absolute Gasteiger partial charge is 0.326 e. The van der Waals surface area contributed by atoms with E-state index in [0.717, 1.165) is 31.2 Å². The van der Waals surface area contributed by atoms with Crippen LogP contribution < -0.4 is 10.1 Å². The summed E-state index contributed by atoms with van der Waals surface area (Å²) in [6.07, 6.45) is 4.72. The van der Waals surface area contributed by atoms with Crippen molar-refractivity contribution in [3.8, 4) is 5.75 Å². The second-order valence-electron chi connectivity index (χ2n) is 16.1. The number of fused-ring (bicyclic) bond motifs is 2. The van der Waals surface area contributed by atoms with Crippen molar-refractivity contribution in [2.75, 3.05) is 13.2 Å². The number of ether oxygens (including phenoxy) is 2. The highest BCUT2D eigenvalue weighted by atomic mass is 32.2. The molecule has 3 aromatic carbocycles. The standard InChI is InChI=1S/C23H32N2O5.C21H23NO5S/c1-3-30-23(29)18(13-12-16-8-5-4-6-9-16)24-15(2)21(26)25-19-11-7-10-17(19)14-20(25)22(27)28;1-21(2)20(24)19(22-12-6-9-18(22)23)16-13-15(10-11-17(16)27-21)28(25,26)14-7-4-3-5-8-14/h4-6,8-9,15,17-20,24H,3,7,10-14H2,1-2H3,(H,27,28);3-5,7-8,10-11,13,19-20,24H,6,9,12H2,1-2H3/t15-,17-,18-,19-,20-;19-,20+/m01/s1. The number of nitrogens with zero attached hydrogens (tertiary/aromatic N) is 2. The molecule has 0 spiro atoms. The van der Waals surface area contributed by atoms with Gasteiger partial charge in [0.25, 0.3) is 0 Å². The van der Waals surface area contributed by atoms with E-state index >= 15 is 0 Å². The second-order valence-corrected chi connectivity index (χ2v) is 18.1. The molecular weight excluding hydrogens is 763 g/mol. The minimum absolute atomic E-state index is 0.00629. The first kappa shape index (κ1) is 42.8. The van der Waals surface area contributed by atoms with Crippen LogP contribution >= 0.6 is 0 Å². The molecule has 0 bridgehead atoms. The summed E-state index contributed by atoms with van der Waals surface area (Å²) in [7, 11) is -3.72. The largest absolute Gasteiger partial charge is 0.485 e. The maximum Gasteiger partial charge on any atom is 0.326 e. The number of nitrogens with one attached hydrogen (secondary N) is 1.